The third-order valence-electron chi connectivity index (χ3n) is 3.03. The van der Waals surface area contributed by atoms with E-state index in [1.165, 1.54) is 11.3 Å². The van der Waals surface area contributed by atoms with Crippen molar-refractivity contribution in [3.05, 3.63) is 35.9 Å². The summed E-state index contributed by atoms with van der Waals surface area (Å²) in [5.41, 5.74) is 1.26. The van der Waals surface area contributed by atoms with E-state index in [2.05, 4.69) is 52.0 Å². The van der Waals surface area contributed by atoms with Crippen LogP contribution in [-0.2, 0) is 11.3 Å². The van der Waals surface area contributed by atoms with Gasteiger partial charge in [-0.2, -0.15) is 11.8 Å². The lowest BCUT2D eigenvalue weighted by Gasteiger charge is -2.21. The van der Waals surface area contributed by atoms with E-state index in [1.807, 2.05) is 17.8 Å². The molecule has 0 aromatic heterocycles. The highest BCUT2D eigenvalue weighted by atomic mass is 32.2. The minimum atomic E-state index is 0.654. The van der Waals surface area contributed by atoms with Gasteiger partial charge in [0.05, 0.1) is 13.2 Å². The van der Waals surface area contributed by atoms with Crippen LogP contribution in [0.25, 0.3) is 0 Å². The normalized spacial score (nSPS) is 13.2. The zero-order valence-corrected chi connectivity index (χ0v) is 12.9. The van der Waals surface area contributed by atoms with E-state index >= 15 is 0 Å². The minimum Gasteiger partial charge on any atom is -0.376 e. The molecule has 0 fully saturated rings. The van der Waals surface area contributed by atoms with E-state index < -0.39 is 0 Å². The molecule has 0 saturated carbocycles. The fraction of sp³-hybridized carbons (Fsp3) is 0.625. The number of thioether (sulfide) groups is 1. The van der Waals surface area contributed by atoms with Gasteiger partial charge in [-0.3, -0.25) is 0 Å². The largest absolute Gasteiger partial charge is 0.376 e. The second-order valence-electron chi connectivity index (χ2n) is 5.39. The van der Waals surface area contributed by atoms with Crippen LogP contribution in [0.5, 0.6) is 0 Å². The number of hydrogen-bond acceptors (Lipinski definition) is 2. The lowest BCUT2D eigenvalue weighted by Crippen LogP contribution is -2.19. The zero-order valence-electron chi connectivity index (χ0n) is 12.1. The number of hydrogen-bond donors (Lipinski definition) is 0. The molecule has 102 valence electrons. The molecule has 0 bridgehead atoms. The first kappa shape index (κ1) is 15.6. The Bertz CT molecular complexity index is 308. The average Bonchev–Trinajstić information content (AvgIpc) is 2.34. The Hall–Kier alpha value is -0.470. The van der Waals surface area contributed by atoms with Gasteiger partial charge in [0, 0.05) is 0 Å². The van der Waals surface area contributed by atoms with Crippen LogP contribution >= 0.6 is 11.8 Å². The monoisotopic (exact) mass is 266 g/mol. The van der Waals surface area contributed by atoms with Crippen LogP contribution in [0.4, 0.5) is 0 Å². The van der Waals surface area contributed by atoms with Gasteiger partial charge >= 0.3 is 0 Å². The maximum absolute atomic E-state index is 5.86. The van der Waals surface area contributed by atoms with Crippen LogP contribution in [0.1, 0.15) is 33.3 Å². The zero-order chi connectivity index (χ0) is 13.4. The van der Waals surface area contributed by atoms with Crippen molar-refractivity contribution in [1.29, 1.82) is 0 Å². The molecule has 1 unspecified atom stereocenters. The van der Waals surface area contributed by atoms with E-state index in [0.29, 0.717) is 17.1 Å². The summed E-state index contributed by atoms with van der Waals surface area (Å²) in [4.78, 5) is 0. The molecule has 0 radical (unpaired) electrons. The van der Waals surface area contributed by atoms with E-state index in [0.717, 1.165) is 13.2 Å². The maximum Gasteiger partial charge on any atom is 0.0717 e. The van der Waals surface area contributed by atoms with Crippen molar-refractivity contribution in [3.63, 3.8) is 0 Å². The topological polar surface area (TPSA) is 9.23 Å². The van der Waals surface area contributed by atoms with Crippen LogP contribution in [0, 0.1) is 11.8 Å². The highest BCUT2D eigenvalue weighted by molar-refractivity contribution is 7.99. The molecule has 0 spiro atoms. The van der Waals surface area contributed by atoms with E-state index in [-0.39, 0.29) is 0 Å². The number of rotatable bonds is 8. The fourth-order valence-corrected chi connectivity index (χ4v) is 2.76. The standard InChI is InChI=1S/C16H26OS/c1-13(2)16(12-18-14(3)4)11-17-10-15-8-6-5-7-9-15/h5-9,13-14,16H,10-12H2,1-4H3. The lowest BCUT2D eigenvalue weighted by molar-refractivity contribution is 0.0796. The number of benzene rings is 1. The summed E-state index contributed by atoms with van der Waals surface area (Å²) in [6.07, 6.45) is 0. The molecule has 1 rings (SSSR count). The summed E-state index contributed by atoms with van der Waals surface area (Å²) in [5, 5.41) is 0.709. The van der Waals surface area contributed by atoms with Crippen molar-refractivity contribution in [2.45, 2.75) is 39.6 Å². The SMILES string of the molecule is CC(C)SCC(COCc1ccccc1)C(C)C. The van der Waals surface area contributed by atoms with Crippen molar-refractivity contribution in [2.75, 3.05) is 12.4 Å². The minimum absolute atomic E-state index is 0.654. The van der Waals surface area contributed by atoms with Crippen molar-refractivity contribution in [2.24, 2.45) is 11.8 Å². The van der Waals surface area contributed by atoms with E-state index in [1.54, 1.807) is 0 Å². The highest BCUT2D eigenvalue weighted by Gasteiger charge is 2.14. The van der Waals surface area contributed by atoms with Crippen LogP contribution in [-0.4, -0.2) is 17.6 Å². The van der Waals surface area contributed by atoms with Gasteiger partial charge in [-0.05, 0) is 28.4 Å². The average molecular weight is 266 g/mol. The molecule has 2 heteroatoms. The van der Waals surface area contributed by atoms with Gasteiger partial charge in [-0.1, -0.05) is 58.0 Å². The first-order valence-corrected chi connectivity index (χ1v) is 7.87. The van der Waals surface area contributed by atoms with Gasteiger partial charge in [0.1, 0.15) is 0 Å². The molecule has 0 aliphatic heterocycles. The molecule has 18 heavy (non-hydrogen) atoms. The molecule has 1 aromatic rings. The smallest absolute Gasteiger partial charge is 0.0717 e. The fourth-order valence-electron chi connectivity index (χ4n) is 1.65. The molecule has 0 saturated heterocycles. The third-order valence-corrected chi connectivity index (χ3v) is 4.32. The van der Waals surface area contributed by atoms with Gasteiger partial charge in [-0.15, -0.1) is 0 Å². The molecular weight excluding hydrogens is 240 g/mol. The van der Waals surface area contributed by atoms with Crippen molar-refractivity contribution >= 4 is 11.8 Å². The van der Waals surface area contributed by atoms with E-state index in [9.17, 15) is 0 Å². The first-order chi connectivity index (χ1) is 8.59. The number of ether oxygens (including phenoxy) is 1. The van der Waals surface area contributed by atoms with Crippen LogP contribution in [0.2, 0.25) is 0 Å². The Morgan fingerprint density at radius 3 is 2.28 bits per heavy atom. The first-order valence-electron chi connectivity index (χ1n) is 6.83. The predicted octanol–water partition coefficient (Wildman–Crippen LogP) is 4.62. The molecule has 0 amide bonds. The Morgan fingerprint density at radius 1 is 1.06 bits per heavy atom. The molecule has 1 nitrogen and oxygen atoms in total. The van der Waals surface area contributed by atoms with Crippen molar-refractivity contribution in [3.8, 4) is 0 Å². The van der Waals surface area contributed by atoms with Gasteiger partial charge in [-0.25, -0.2) is 0 Å². The van der Waals surface area contributed by atoms with Gasteiger partial charge in [0.2, 0.25) is 0 Å². The molecular formula is C16H26OS. The summed E-state index contributed by atoms with van der Waals surface area (Å²) in [6, 6.07) is 10.4. The summed E-state index contributed by atoms with van der Waals surface area (Å²) in [5.74, 6) is 2.54. The third kappa shape index (κ3) is 6.46. The molecule has 1 aromatic carbocycles. The Labute approximate surface area is 116 Å². The van der Waals surface area contributed by atoms with Gasteiger partial charge in [0.25, 0.3) is 0 Å². The molecule has 0 aliphatic carbocycles. The molecule has 0 N–H and O–H groups in total. The molecule has 0 heterocycles. The van der Waals surface area contributed by atoms with Gasteiger partial charge < -0.3 is 4.74 Å². The quantitative estimate of drug-likeness (QED) is 0.679. The highest BCUT2D eigenvalue weighted by Crippen LogP contribution is 2.21. The van der Waals surface area contributed by atoms with Crippen molar-refractivity contribution in [1.82, 2.24) is 0 Å². The van der Waals surface area contributed by atoms with Gasteiger partial charge in [0.15, 0.2) is 0 Å². The molecule has 0 aliphatic rings. The predicted molar refractivity (Wildman–Crippen MR) is 82.0 cm³/mol. The Kier molecular flexibility index (Phi) is 7.45. The van der Waals surface area contributed by atoms with E-state index in [4.69, 9.17) is 4.74 Å². The summed E-state index contributed by atoms with van der Waals surface area (Å²) >= 11 is 2.03. The van der Waals surface area contributed by atoms with Crippen molar-refractivity contribution < 1.29 is 4.74 Å². The van der Waals surface area contributed by atoms with Crippen LogP contribution in [0.3, 0.4) is 0 Å². The maximum atomic E-state index is 5.86. The summed E-state index contributed by atoms with van der Waals surface area (Å²) in [6.45, 7) is 10.7. The summed E-state index contributed by atoms with van der Waals surface area (Å²) in [7, 11) is 0. The van der Waals surface area contributed by atoms with Crippen LogP contribution in [0.15, 0.2) is 30.3 Å². The van der Waals surface area contributed by atoms with Crippen LogP contribution < -0.4 is 0 Å². The summed E-state index contributed by atoms with van der Waals surface area (Å²) < 4.78 is 5.86. The Morgan fingerprint density at radius 2 is 1.72 bits per heavy atom. The Balaban J connectivity index is 2.29. The second-order valence-corrected chi connectivity index (χ2v) is 7.00. The second kappa shape index (κ2) is 8.60. The lowest BCUT2D eigenvalue weighted by atomic mass is 9.99. The molecule has 1 atom stereocenters.